The van der Waals surface area contributed by atoms with Crippen molar-refractivity contribution in [3.05, 3.63) is 89.1 Å². The number of nitrogens with zero attached hydrogens (tertiary/aromatic N) is 2. The molecule has 3 aromatic carbocycles. The summed E-state index contributed by atoms with van der Waals surface area (Å²) in [6.07, 6.45) is -3.30. The molecule has 180 valence electrons. The number of aromatic nitrogens is 1. The second-order valence-corrected chi connectivity index (χ2v) is 9.02. The van der Waals surface area contributed by atoms with Crippen LogP contribution in [0.5, 0.6) is 5.75 Å². The maximum atomic E-state index is 13.5. The highest BCUT2D eigenvalue weighted by atomic mass is 35.5. The fourth-order valence-corrected chi connectivity index (χ4v) is 5.19. The predicted molar refractivity (Wildman–Crippen MR) is 130 cm³/mol. The molecule has 0 aliphatic carbocycles. The van der Waals surface area contributed by atoms with Crippen LogP contribution < -0.4 is 4.74 Å². The van der Waals surface area contributed by atoms with Crippen LogP contribution in [0.2, 0.25) is 5.02 Å². The molecule has 0 radical (unpaired) electrons. The van der Waals surface area contributed by atoms with Crippen LogP contribution >= 0.6 is 11.6 Å². The van der Waals surface area contributed by atoms with Crippen molar-refractivity contribution in [2.45, 2.75) is 25.2 Å². The van der Waals surface area contributed by atoms with Gasteiger partial charge in [0, 0.05) is 46.3 Å². The van der Waals surface area contributed by atoms with Crippen LogP contribution in [0, 0.1) is 0 Å². The van der Waals surface area contributed by atoms with Crippen LogP contribution in [0.3, 0.4) is 0 Å². The lowest BCUT2D eigenvalue weighted by Gasteiger charge is -2.27. The average molecular weight is 499 g/mol. The number of ether oxygens (including phenoxy) is 1. The van der Waals surface area contributed by atoms with Gasteiger partial charge in [0.25, 0.3) is 5.91 Å². The summed E-state index contributed by atoms with van der Waals surface area (Å²) < 4.78 is 44.2. The smallest absolute Gasteiger partial charge is 0.406 e. The van der Waals surface area contributed by atoms with Crippen LogP contribution in [0.25, 0.3) is 22.0 Å². The molecule has 5 rings (SSSR count). The Hall–Kier alpha value is -3.45. The van der Waals surface area contributed by atoms with Crippen molar-refractivity contribution in [3.8, 4) is 16.9 Å². The highest BCUT2D eigenvalue weighted by molar-refractivity contribution is 6.31. The number of hydrogen-bond acceptors (Lipinski definition) is 2. The molecule has 1 saturated heterocycles. The normalized spacial score (nSPS) is 16.1. The second-order valence-electron chi connectivity index (χ2n) is 8.58. The van der Waals surface area contributed by atoms with Gasteiger partial charge in [-0.2, -0.15) is 0 Å². The first kappa shape index (κ1) is 23.3. The fraction of sp³-hybridized carbons (Fsp3) is 0.222. The number of benzene rings is 3. The van der Waals surface area contributed by atoms with E-state index >= 15 is 0 Å². The molecule has 1 aliphatic heterocycles. The van der Waals surface area contributed by atoms with Gasteiger partial charge in [0.05, 0.1) is 6.04 Å². The molecule has 0 N–H and O–H groups in total. The molecule has 1 amide bonds. The number of halogens is 4. The summed E-state index contributed by atoms with van der Waals surface area (Å²) in [4.78, 5) is 15.3. The van der Waals surface area contributed by atoms with Gasteiger partial charge in [0.2, 0.25) is 0 Å². The average Bonchev–Trinajstić information content (AvgIpc) is 3.40. The first-order valence-corrected chi connectivity index (χ1v) is 11.6. The van der Waals surface area contributed by atoms with Crippen LogP contribution in [0.15, 0.2) is 72.8 Å². The largest absolute Gasteiger partial charge is 0.573 e. The van der Waals surface area contributed by atoms with Crippen molar-refractivity contribution in [2.24, 2.45) is 7.05 Å². The molecule has 4 aromatic rings. The summed E-state index contributed by atoms with van der Waals surface area (Å²) in [5, 5.41) is 1.61. The molecule has 0 bridgehead atoms. The van der Waals surface area contributed by atoms with Gasteiger partial charge in [-0.05, 0) is 54.8 Å². The Balaban J connectivity index is 1.60. The maximum absolute atomic E-state index is 13.5. The van der Waals surface area contributed by atoms with Gasteiger partial charge in [-0.25, -0.2) is 0 Å². The third-order valence-corrected chi connectivity index (χ3v) is 6.65. The van der Waals surface area contributed by atoms with E-state index < -0.39 is 12.1 Å². The lowest BCUT2D eigenvalue weighted by Crippen LogP contribution is -2.31. The highest BCUT2D eigenvalue weighted by Crippen LogP contribution is 2.44. The van der Waals surface area contributed by atoms with Crippen LogP contribution in [-0.4, -0.2) is 28.3 Å². The standard InChI is InChI=1S/C27H22ClF3N2O2/c1-32-22-13-12-19(28)16-21(22)24(17-7-3-2-4-8-17)25(32)23-11-6-14-33(23)26(34)18-9-5-10-20(15-18)35-27(29,30)31/h2-5,7-10,12-13,15-16,23H,6,11,14H2,1H3. The Morgan fingerprint density at radius 3 is 2.54 bits per heavy atom. The summed E-state index contributed by atoms with van der Waals surface area (Å²) in [5.41, 5.74) is 4.13. The zero-order chi connectivity index (χ0) is 24.7. The lowest BCUT2D eigenvalue weighted by atomic mass is 9.97. The van der Waals surface area contributed by atoms with E-state index in [0.717, 1.165) is 46.6 Å². The van der Waals surface area contributed by atoms with Gasteiger partial charge < -0.3 is 14.2 Å². The minimum Gasteiger partial charge on any atom is -0.406 e. The Kier molecular flexibility index (Phi) is 5.97. The van der Waals surface area contributed by atoms with Crippen molar-refractivity contribution in [2.75, 3.05) is 6.54 Å². The molecule has 1 unspecified atom stereocenters. The first-order valence-electron chi connectivity index (χ1n) is 11.2. The molecule has 1 aliphatic rings. The Bertz CT molecular complexity index is 1400. The van der Waals surface area contributed by atoms with Crippen molar-refractivity contribution in [3.63, 3.8) is 0 Å². The van der Waals surface area contributed by atoms with Gasteiger partial charge in [0.1, 0.15) is 5.75 Å². The molecule has 1 fully saturated rings. The number of carbonyl (C=O) groups excluding carboxylic acids is 1. The van der Waals surface area contributed by atoms with Crippen LogP contribution in [-0.2, 0) is 7.05 Å². The molecular formula is C27H22ClF3N2O2. The van der Waals surface area contributed by atoms with Crippen molar-refractivity contribution >= 4 is 28.4 Å². The summed E-state index contributed by atoms with van der Waals surface area (Å²) in [6.45, 7) is 0.504. The Morgan fingerprint density at radius 1 is 1.03 bits per heavy atom. The molecule has 2 heterocycles. The van der Waals surface area contributed by atoms with E-state index in [2.05, 4.69) is 9.30 Å². The molecule has 1 atom stereocenters. The minimum atomic E-state index is -4.83. The number of rotatable bonds is 4. The van der Waals surface area contributed by atoms with E-state index in [1.165, 1.54) is 18.2 Å². The zero-order valence-corrected chi connectivity index (χ0v) is 19.6. The number of carbonyl (C=O) groups is 1. The third kappa shape index (κ3) is 4.48. The molecule has 4 nitrogen and oxygen atoms in total. The van der Waals surface area contributed by atoms with Gasteiger partial charge in [-0.1, -0.05) is 48.0 Å². The van der Waals surface area contributed by atoms with Crippen LogP contribution in [0.1, 0.15) is 34.9 Å². The molecule has 8 heteroatoms. The maximum Gasteiger partial charge on any atom is 0.573 e. The van der Waals surface area contributed by atoms with E-state index in [0.29, 0.717) is 11.6 Å². The van der Waals surface area contributed by atoms with E-state index in [1.54, 1.807) is 4.90 Å². The topological polar surface area (TPSA) is 34.5 Å². The summed E-state index contributed by atoms with van der Waals surface area (Å²) in [6, 6.07) is 20.7. The van der Waals surface area contributed by atoms with Gasteiger partial charge >= 0.3 is 6.36 Å². The first-order chi connectivity index (χ1) is 16.7. The predicted octanol–water partition coefficient (Wildman–Crippen LogP) is 7.37. The molecule has 0 spiro atoms. The van der Waals surface area contributed by atoms with Crippen molar-refractivity contribution in [1.82, 2.24) is 9.47 Å². The van der Waals surface area contributed by atoms with E-state index in [9.17, 15) is 18.0 Å². The van der Waals surface area contributed by atoms with E-state index in [4.69, 9.17) is 11.6 Å². The van der Waals surface area contributed by atoms with Gasteiger partial charge in [0.15, 0.2) is 0 Å². The number of hydrogen-bond donors (Lipinski definition) is 0. The quantitative estimate of drug-likeness (QED) is 0.294. The fourth-order valence-electron chi connectivity index (χ4n) is 5.02. The summed E-state index contributed by atoms with van der Waals surface area (Å²) >= 11 is 6.35. The monoisotopic (exact) mass is 498 g/mol. The second kappa shape index (κ2) is 8.96. The minimum absolute atomic E-state index is 0.154. The highest BCUT2D eigenvalue weighted by Gasteiger charge is 2.36. The number of fused-ring (bicyclic) bond motifs is 1. The van der Waals surface area contributed by atoms with Gasteiger partial charge in [-0.15, -0.1) is 13.2 Å². The molecule has 35 heavy (non-hydrogen) atoms. The van der Waals surface area contributed by atoms with Crippen molar-refractivity contribution in [1.29, 1.82) is 0 Å². The SMILES string of the molecule is Cn1c(C2CCCN2C(=O)c2cccc(OC(F)(F)F)c2)c(-c2ccccc2)c2cc(Cl)ccc21. The lowest BCUT2D eigenvalue weighted by molar-refractivity contribution is -0.274. The molecule has 0 saturated carbocycles. The Morgan fingerprint density at radius 2 is 1.80 bits per heavy atom. The third-order valence-electron chi connectivity index (χ3n) is 6.41. The number of alkyl halides is 3. The zero-order valence-electron chi connectivity index (χ0n) is 18.8. The number of likely N-dealkylation sites (tertiary alicyclic amines) is 1. The van der Waals surface area contributed by atoms with Crippen LogP contribution in [0.4, 0.5) is 13.2 Å². The van der Waals surface area contributed by atoms with E-state index in [1.807, 2.05) is 55.6 Å². The molecule has 1 aromatic heterocycles. The number of amides is 1. The van der Waals surface area contributed by atoms with Gasteiger partial charge in [-0.3, -0.25) is 4.79 Å². The summed E-state index contributed by atoms with van der Waals surface area (Å²) in [5.74, 6) is -0.745. The van der Waals surface area contributed by atoms with Crippen molar-refractivity contribution < 1.29 is 22.7 Å². The molecular weight excluding hydrogens is 477 g/mol. The Labute approximate surface area is 205 Å². The van der Waals surface area contributed by atoms with E-state index in [-0.39, 0.29) is 17.5 Å². The summed E-state index contributed by atoms with van der Waals surface area (Å²) in [7, 11) is 1.97. The number of aryl methyl sites for hydroxylation is 1.